The number of rotatable bonds is 5. The van der Waals surface area contributed by atoms with E-state index in [4.69, 9.17) is 0 Å². The highest BCUT2D eigenvalue weighted by molar-refractivity contribution is 5.78. The minimum Gasteiger partial charge on any atom is -0.338 e. The largest absolute Gasteiger partial charge is 0.338 e. The number of hydrogen-bond donors (Lipinski definition) is 0. The normalized spacial score (nSPS) is 20.4. The SMILES string of the molecule is O=C1CCCN1Cc1ccccc1Cn1cc([C@H]2CC=CCC2)nn1. The van der Waals surface area contributed by atoms with Crippen LogP contribution in [0.25, 0.3) is 0 Å². The summed E-state index contributed by atoms with van der Waals surface area (Å²) in [6.45, 7) is 2.27. The van der Waals surface area contributed by atoms with Gasteiger partial charge in [0.15, 0.2) is 0 Å². The summed E-state index contributed by atoms with van der Waals surface area (Å²) in [7, 11) is 0. The smallest absolute Gasteiger partial charge is 0.222 e. The second kappa shape index (κ2) is 7.21. The first-order valence-electron chi connectivity index (χ1n) is 9.19. The Morgan fingerprint density at radius 1 is 1.12 bits per heavy atom. The van der Waals surface area contributed by atoms with Crippen LogP contribution in [0.15, 0.2) is 42.6 Å². The van der Waals surface area contributed by atoms with E-state index in [2.05, 4.69) is 46.9 Å². The van der Waals surface area contributed by atoms with Crippen molar-refractivity contribution >= 4 is 5.91 Å². The van der Waals surface area contributed by atoms with E-state index in [1.165, 1.54) is 11.1 Å². The molecular formula is C20H24N4O. The van der Waals surface area contributed by atoms with Crippen LogP contribution in [0.2, 0.25) is 0 Å². The number of benzene rings is 1. The number of allylic oxidation sites excluding steroid dienone is 2. The number of aromatic nitrogens is 3. The van der Waals surface area contributed by atoms with E-state index in [0.717, 1.165) is 37.9 Å². The lowest BCUT2D eigenvalue weighted by Crippen LogP contribution is -2.24. The van der Waals surface area contributed by atoms with Crippen LogP contribution in [-0.2, 0) is 17.9 Å². The summed E-state index contributed by atoms with van der Waals surface area (Å²) < 4.78 is 1.93. The Hall–Kier alpha value is -2.43. The van der Waals surface area contributed by atoms with E-state index < -0.39 is 0 Å². The van der Waals surface area contributed by atoms with Crippen molar-refractivity contribution in [3.8, 4) is 0 Å². The zero-order valence-electron chi connectivity index (χ0n) is 14.5. The van der Waals surface area contributed by atoms with Gasteiger partial charge in [0.25, 0.3) is 0 Å². The van der Waals surface area contributed by atoms with E-state index >= 15 is 0 Å². The van der Waals surface area contributed by atoms with Gasteiger partial charge in [0.2, 0.25) is 5.91 Å². The molecule has 0 spiro atoms. The predicted octanol–water partition coefficient (Wildman–Crippen LogP) is 3.27. The van der Waals surface area contributed by atoms with Gasteiger partial charge in [-0.25, -0.2) is 4.68 Å². The summed E-state index contributed by atoms with van der Waals surface area (Å²) in [5.41, 5.74) is 3.51. The van der Waals surface area contributed by atoms with Gasteiger partial charge in [-0.3, -0.25) is 4.79 Å². The van der Waals surface area contributed by atoms with Gasteiger partial charge < -0.3 is 4.90 Å². The average molecular weight is 336 g/mol. The number of carbonyl (C=O) groups is 1. The van der Waals surface area contributed by atoms with Crippen molar-refractivity contribution in [1.82, 2.24) is 19.9 Å². The molecule has 1 aliphatic heterocycles. The van der Waals surface area contributed by atoms with Crippen LogP contribution in [0, 0.1) is 0 Å². The van der Waals surface area contributed by atoms with E-state index in [1.807, 2.05) is 15.6 Å². The molecule has 0 unspecified atom stereocenters. The topological polar surface area (TPSA) is 51.0 Å². The van der Waals surface area contributed by atoms with Crippen molar-refractivity contribution < 1.29 is 4.79 Å². The molecule has 2 aromatic rings. The van der Waals surface area contributed by atoms with Crippen molar-refractivity contribution in [3.05, 3.63) is 59.4 Å². The van der Waals surface area contributed by atoms with E-state index in [0.29, 0.717) is 25.4 Å². The molecule has 2 heterocycles. The van der Waals surface area contributed by atoms with Crippen LogP contribution in [0.1, 0.15) is 54.8 Å². The fourth-order valence-corrected chi connectivity index (χ4v) is 3.76. The number of carbonyl (C=O) groups excluding carboxylic acids is 1. The first-order valence-corrected chi connectivity index (χ1v) is 9.19. The molecule has 2 aliphatic rings. The quantitative estimate of drug-likeness (QED) is 0.788. The Balaban J connectivity index is 1.48. The molecule has 130 valence electrons. The fraction of sp³-hybridized carbons (Fsp3) is 0.450. The molecule has 1 atom stereocenters. The number of nitrogens with zero attached hydrogens (tertiary/aromatic N) is 4. The van der Waals surface area contributed by atoms with E-state index in [1.54, 1.807) is 0 Å². The molecule has 4 rings (SSSR count). The number of likely N-dealkylation sites (tertiary alicyclic amines) is 1. The van der Waals surface area contributed by atoms with Gasteiger partial charge in [0, 0.05) is 31.6 Å². The highest BCUT2D eigenvalue weighted by Crippen LogP contribution is 2.27. The zero-order chi connectivity index (χ0) is 17.1. The second-order valence-corrected chi connectivity index (χ2v) is 7.01. The van der Waals surface area contributed by atoms with Crippen molar-refractivity contribution in [2.45, 2.75) is 51.1 Å². The summed E-state index contributed by atoms with van der Waals surface area (Å²) in [6, 6.07) is 8.33. The molecule has 0 bridgehead atoms. The van der Waals surface area contributed by atoms with Crippen molar-refractivity contribution in [1.29, 1.82) is 0 Å². The summed E-state index contributed by atoms with van der Waals surface area (Å²) in [5, 5.41) is 8.73. The molecule has 1 aromatic carbocycles. The Morgan fingerprint density at radius 2 is 1.96 bits per heavy atom. The second-order valence-electron chi connectivity index (χ2n) is 7.01. The third-order valence-electron chi connectivity index (χ3n) is 5.23. The summed E-state index contributed by atoms with van der Waals surface area (Å²) in [4.78, 5) is 13.9. The van der Waals surface area contributed by atoms with E-state index in [9.17, 15) is 4.79 Å². The van der Waals surface area contributed by atoms with Gasteiger partial charge >= 0.3 is 0 Å². The van der Waals surface area contributed by atoms with Crippen LogP contribution < -0.4 is 0 Å². The number of amides is 1. The van der Waals surface area contributed by atoms with Crippen LogP contribution in [0.5, 0.6) is 0 Å². The molecule has 1 aromatic heterocycles. The molecule has 1 aliphatic carbocycles. The van der Waals surface area contributed by atoms with Gasteiger partial charge in [0.05, 0.1) is 12.2 Å². The molecule has 1 fully saturated rings. The monoisotopic (exact) mass is 336 g/mol. The maximum atomic E-state index is 11.9. The molecule has 1 saturated heterocycles. The molecule has 1 amide bonds. The van der Waals surface area contributed by atoms with Crippen molar-refractivity contribution in [2.75, 3.05) is 6.54 Å². The molecular weight excluding hydrogens is 312 g/mol. The zero-order valence-corrected chi connectivity index (χ0v) is 14.5. The molecule has 0 saturated carbocycles. The Kier molecular flexibility index (Phi) is 4.63. The minimum absolute atomic E-state index is 0.267. The highest BCUT2D eigenvalue weighted by Gasteiger charge is 2.21. The standard InChI is InChI=1S/C20H24N4O/c25-20-11-6-12-23(20)13-17-9-4-5-10-18(17)14-24-15-19(21-22-24)16-7-2-1-3-8-16/h1-2,4-5,9-10,15-16H,3,6-8,11-14H2/t16-/m0/s1. The third-order valence-corrected chi connectivity index (χ3v) is 5.23. The van der Waals surface area contributed by atoms with Crippen LogP contribution in [0.4, 0.5) is 0 Å². The van der Waals surface area contributed by atoms with Crippen LogP contribution >= 0.6 is 0 Å². The Labute approximate surface area is 148 Å². The van der Waals surface area contributed by atoms with Gasteiger partial charge in [-0.1, -0.05) is 41.6 Å². The highest BCUT2D eigenvalue weighted by atomic mass is 16.2. The van der Waals surface area contributed by atoms with Crippen molar-refractivity contribution in [3.63, 3.8) is 0 Å². The van der Waals surface area contributed by atoms with Gasteiger partial charge in [-0.2, -0.15) is 0 Å². The van der Waals surface area contributed by atoms with Crippen LogP contribution in [0.3, 0.4) is 0 Å². The lowest BCUT2D eigenvalue weighted by Gasteiger charge is -2.18. The first kappa shape index (κ1) is 16.1. The summed E-state index contributed by atoms with van der Waals surface area (Å²) >= 11 is 0. The molecule has 25 heavy (non-hydrogen) atoms. The Bertz CT molecular complexity index is 780. The summed E-state index contributed by atoms with van der Waals surface area (Å²) in [6.07, 6.45) is 11.6. The summed E-state index contributed by atoms with van der Waals surface area (Å²) in [5.74, 6) is 0.763. The van der Waals surface area contributed by atoms with Gasteiger partial charge in [-0.05, 0) is 36.8 Å². The van der Waals surface area contributed by atoms with Crippen molar-refractivity contribution in [2.24, 2.45) is 0 Å². The van der Waals surface area contributed by atoms with Crippen LogP contribution in [-0.4, -0.2) is 32.3 Å². The average Bonchev–Trinajstić information content (AvgIpc) is 3.27. The fourth-order valence-electron chi connectivity index (χ4n) is 3.76. The predicted molar refractivity (Wildman–Crippen MR) is 95.9 cm³/mol. The minimum atomic E-state index is 0.267. The maximum absolute atomic E-state index is 11.9. The lowest BCUT2D eigenvalue weighted by atomic mass is 9.92. The van der Waals surface area contributed by atoms with E-state index in [-0.39, 0.29) is 5.91 Å². The molecule has 5 nitrogen and oxygen atoms in total. The first-order chi connectivity index (χ1) is 12.3. The molecule has 0 radical (unpaired) electrons. The number of hydrogen-bond acceptors (Lipinski definition) is 3. The third kappa shape index (κ3) is 3.65. The maximum Gasteiger partial charge on any atom is 0.222 e. The lowest BCUT2D eigenvalue weighted by molar-refractivity contribution is -0.128. The van der Waals surface area contributed by atoms with Gasteiger partial charge in [0.1, 0.15) is 0 Å². The Morgan fingerprint density at radius 3 is 2.68 bits per heavy atom. The molecule has 5 heteroatoms. The molecule has 0 N–H and O–H groups in total. The van der Waals surface area contributed by atoms with Gasteiger partial charge in [-0.15, -0.1) is 5.10 Å².